The molecule has 4 heteroatoms. The van der Waals surface area contributed by atoms with Gasteiger partial charge in [-0.25, -0.2) is 9.78 Å². The van der Waals surface area contributed by atoms with Crippen LogP contribution in [0.15, 0.2) is 30.5 Å². The monoisotopic (exact) mass is 202 g/mol. The van der Waals surface area contributed by atoms with E-state index in [4.69, 9.17) is 5.11 Å². The molecule has 0 unspecified atom stereocenters. The molecule has 0 saturated carbocycles. The van der Waals surface area contributed by atoms with E-state index < -0.39 is 5.97 Å². The highest BCUT2D eigenvalue weighted by Gasteiger charge is 2.01. The van der Waals surface area contributed by atoms with Gasteiger partial charge in [0.15, 0.2) is 0 Å². The Hall–Kier alpha value is -2.10. The van der Waals surface area contributed by atoms with Crippen LogP contribution in [0, 0.1) is 6.92 Å². The number of aryl methyl sites for hydroxylation is 1. The lowest BCUT2D eigenvalue weighted by Crippen LogP contribution is -1.93. The summed E-state index contributed by atoms with van der Waals surface area (Å²) >= 11 is 0. The highest BCUT2D eigenvalue weighted by molar-refractivity contribution is 5.85. The third-order valence-electron chi connectivity index (χ3n) is 2.15. The fourth-order valence-electron chi connectivity index (χ4n) is 1.50. The number of aliphatic carboxylic acids is 1. The Morgan fingerprint density at radius 3 is 3.07 bits per heavy atom. The van der Waals surface area contributed by atoms with Crippen molar-refractivity contribution in [3.63, 3.8) is 0 Å². The van der Waals surface area contributed by atoms with E-state index in [2.05, 4.69) is 4.98 Å². The zero-order valence-electron chi connectivity index (χ0n) is 8.21. The number of carboxylic acids is 1. The molecular weight excluding hydrogens is 192 g/mol. The van der Waals surface area contributed by atoms with Crippen molar-refractivity contribution < 1.29 is 9.90 Å². The molecule has 0 saturated heterocycles. The Morgan fingerprint density at radius 1 is 1.53 bits per heavy atom. The van der Waals surface area contributed by atoms with Gasteiger partial charge in [0.2, 0.25) is 0 Å². The molecule has 4 nitrogen and oxygen atoms in total. The molecule has 0 aromatic carbocycles. The number of carbonyl (C=O) groups is 1. The Balaban J connectivity index is 2.57. The van der Waals surface area contributed by atoms with Crippen molar-refractivity contribution >= 4 is 17.7 Å². The standard InChI is InChI=1S/C11H10N2O2/c1-8-3-2-4-10-12-7-9(13(8)10)5-6-11(14)15/h2-7H,1H3,(H,14,15)/b6-5+. The van der Waals surface area contributed by atoms with Crippen molar-refractivity contribution in [3.8, 4) is 0 Å². The number of rotatable bonds is 2. The normalized spacial score (nSPS) is 11.3. The Labute approximate surface area is 86.5 Å². The highest BCUT2D eigenvalue weighted by atomic mass is 16.4. The minimum Gasteiger partial charge on any atom is -0.478 e. The first-order valence-corrected chi connectivity index (χ1v) is 4.52. The summed E-state index contributed by atoms with van der Waals surface area (Å²) in [5.41, 5.74) is 2.61. The summed E-state index contributed by atoms with van der Waals surface area (Å²) in [6.07, 6.45) is 4.30. The third kappa shape index (κ3) is 1.74. The van der Waals surface area contributed by atoms with Crippen molar-refractivity contribution in [3.05, 3.63) is 41.9 Å². The number of hydrogen-bond donors (Lipinski definition) is 1. The number of fused-ring (bicyclic) bond motifs is 1. The van der Waals surface area contributed by atoms with Gasteiger partial charge in [0.25, 0.3) is 0 Å². The second-order valence-electron chi connectivity index (χ2n) is 3.22. The van der Waals surface area contributed by atoms with Crippen LogP contribution in [-0.2, 0) is 4.79 Å². The lowest BCUT2D eigenvalue weighted by atomic mass is 10.3. The van der Waals surface area contributed by atoms with Gasteiger partial charge in [0, 0.05) is 11.8 Å². The average Bonchev–Trinajstić information content (AvgIpc) is 2.59. The number of imidazole rings is 1. The van der Waals surface area contributed by atoms with Gasteiger partial charge in [-0.05, 0) is 25.1 Å². The first kappa shape index (κ1) is 9.45. The van der Waals surface area contributed by atoms with Crippen LogP contribution in [0.2, 0.25) is 0 Å². The highest BCUT2D eigenvalue weighted by Crippen LogP contribution is 2.11. The third-order valence-corrected chi connectivity index (χ3v) is 2.15. The maximum absolute atomic E-state index is 10.4. The molecule has 0 aliphatic heterocycles. The van der Waals surface area contributed by atoms with Crippen molar-refractivity contribution in [1.82, 2.24) is 9.38 Å². The summed E-state index contributed by atoms with van der Waals surface area (Å²) in [6, 6.07) is 5.75. The van der Waals surface area contributed by atoms with Gasteiger partial charge in [-0.3, -0.25) is 4.40 Å². The predicted octanol–water partition coefficient (Wildman–Crippen LogP) is 1.74. The van der Waals surface area contributed by atoms with Gasteiger partial charge in [0.05, 0.1) is 11.9 Å². The summed E-state index contributed by atoms with van der Waals surface area (Å²) in [5, 5.41) is 8.54. The Kier molecular flexibility index (Phi) is 2.25. The van der Waals surface area contributed by atoms with E-state index in [0.717, 1.165) is 23.1 Å². The van der Waals surface area contributed by atoms with E-state index in [1.54, 1.807) is 6.20 Å². The number of pyridine rings is 1. The maximum atomic E-state index is 10.4. The van der Waals surface area contributed by atoms with Crippen LogP contribution in [0.25, 0.3) is 11.7 Å². The molecule has 2 rings (SSSR count). The van der Waals surface area contributed by atoms with E-state index in [9.17, 15) is 4.79 Å². The minimum atomic E-state index is -0.960. The van der Waals surface area contributed by atoms with Gasteiger partial charge in [-0.1, -0.05) is 6.07 Å². The smallest absolute Gasteiger partial charge is 0.328 e. The van der Waals surface area contributed by atoms with Crippen LogP contribution in [0.3, 0.4) is 0 Å². The van der Waals surface area contributed by atoms with E-state index >= 15 is 0 Å². The fourth-order valence-corrected chi connectivity index (χ4v) is 1.50. The quantitative estimate of drug-likeness (QED) is 0.754. The van der Waals surface area contributed by atoms with Crippen LogP contribution < -0.4 is 0 Å². The van der Waals surface area contributed by atoms with Crippen molar-refractivity contribution in [2.45, 2.75) is 6.92 Å². The number of hydrogen-bond acceptors (Lipinski definition) is 2. The molecule has 0 radical (unpaired) electrons. The first-order valence-electron chi connectivity index (χ1n) is 4.52. The molecule has 0 fully saturated rings. The lowest BCUT2D eigenvalue weighted by molar-refractivity contribution is -0.131. The molecule has 0 atom stereocenters. The summed E-state index contributed by atoms with van der Waals surface area (Å²) in [7, 11) is 0. The second kappa shape index (κ2) is 3.57. The SMILES string of the molecule is Cc1cccc2ncc(/C=C/C(=O)O)n12. The van der Waals surface area contributed by atoms with Crippen molar-refractivity contribution in [1.29, 1.82) is 0 Å². The molecule has 0 aliphatic rings. The fraction of sp³-hybridized carbons (Fsp3) is 0.0909. The largest absolute Gasteiger partial charge is 0.478 e. The summed E-state index contributed by atoms with van der Waals surface area (Å²) in [4.78, 5) is 14.6. The van der Waals surface area contributed by atoms with E-state index in [0.29, 0.717) is 0 Å². The Morgan fingerprint density at radius 2 is 2.33 bits per heavy atom. The number of aromatic nitrogens is 2. The molecule has 1 N–H and O–H groups in total. The zero-order valence-corrected chi connectivity index (χ0v) is 8.21. The van der Waals surface area contributed by atoms with Crippen LogP contribution in [0.5, 0.6) is 0 Å². The lowest BCUT2D eigenvalue weighted by Gasteiger charge is -2.00. The Bertz CT molecular complexity index is 541. The second-order valence-corrected chi connectivity index (χ2v) is 3.22. The number of nitrogens with zero attached hydrogens (tertiary/aromatic N) is 2. The van der Waals surface area contributed by atoms with Gasteiger partial charge >= 0.3 is 5.97 Å². The van der Waals surface area contributed by atoms with Gasteiger partial charge in [-0.15, -0.1) is 0 Å². The van der Waals surface area contributed by atoms with Gasteiger partial charge < -0.3 is 5.11 Å². The van der Waals surface area contributed by atoms with Gasteiger partial charge in [0.1, 0.15) is 5.65 Å². The van der Waals surface area contributed by atoms with Crippen LogP contribution in [-0.4, -0.2) is 20.5 Å². The van der Waals surface area contributed by atoms with E-state index in [1.807, 2.05) is 29.5 Å². The molecule has 2 aromatic rings. The van der Waals surface area contributed by atoms with Crippen molar-refractivity contribution in [2.24, 2.45) is 0 Å². The molecule has 0 amide bonds. The summed E-state index contributed by atoms with van der Waals surface area (Å²) in [5.74, 6) is -0.960. The molecule has 0 aliphatic carbocycles. The minimum absolute atomic E-state index is 0.769. The van der Waals surface area contributed by atoms with Gasteiger partial charge in [-0.2, -0.15) is 0 Å². The molecule has 0 spiro atoms. The summed E-state index contributed by atoms with van der Waals surface area (Å²) in [6.45, 7) is 1.95. The van der Waals surface area contributed by atoms with E-state index in [-0.39, 0.29) is 0 Å². The first-order chi connectivity index (χ1) is 7.18. The molecule has 76 valence electrons. The van der Waals surface area contributed by atoms with Crippen LogP contribution in [0.4, 0.5) is 0 Å². The topological polar surface area (TPSA) is 54.6 Å². The molecule has 0 bridgehead atoms. The maximum Gasteiger partial charge on any atom is 0.328 e. The predicted molar refractivity (Wildman–Crippen MR) is 56.6 cm³/mol. The van der Waals surface area contributed by atoms with Crippen LogP contribution in [0.1, 0.15) is 11.4 Å². The molecular formula is C11H10N2O2. The number of carboxylic acid groups (broad SMARTS) is 1. The average molecular weight is 202 g/mol. The summed E-state index contributed by atoms with van der Waals surface area (Å²) < 4.78 is 1.90. The van der Waals surface area contributed by atoms with E-state index in [1.165, 1.54) is 6.08 Å². The van der Waals surface area contributed by atoms with Crippen molar-refractivity contribution in [2.75, 3.05) is 0 Å². The molecule has 2 heterocycles. The molecule has 15 heavy (non-hydrogen) atoms. The van der Waals surface area contributed by atoms with Crippen LogP contribution >= 0.6 is 0 Å². The zero-order chi connectivity index (χ0) is 10.8. The molecule has 2 aromatic heterocycles.